The number of nitrogens with zero attached hydrogens (tertiary/aromatic N) is 2. The van der Waals surface area contributed by atoms with Gasteiger partial charge in [0.05, 0.1) is 10.7 Å². The van der Waals surface area contributed by atoms with Crippen LogP contribution in [-0.2, 0) is 0 Å². The lowest BCUT2D eigenvalue weighted by molar-refractivity contribution is 1.10. The van der Waals surface area contributed by atoms with Gasteiger partial charge in [0.15, 0.2) is 0 Å². The summed E-state index contributed by atoms with van der Waals surface area (Å²) in [5.41, 5.74) is 0. The van der Waals surface area contributed by atoms with Crippen LogP contribution in [0.25, 0.3) is 12.7 Å². The maximum absolute atomic E-state index is 4.08. The molecular formula is C9H10N2. The summed E-state index contributed by atoms with van der Waals surface area (Å²) in [4.78, 5) is 8.08. The first kappa shape index (κ1) is 7.66. The highest BCUT2D eigenvalue weighted by atomic mass is 14.7. The van der Waals surface area contributed by atoms with Gasteiger partial charge >= 0.3 is 0 Å². The molecule has 0 radical (unpaired) electrons. The van der Waals surface area contributed by atoms with Gasteiger partial charge < -0.3 is 0 Å². The molecule has 0 atom stereocenters. The Labute approximate surface area is 65.6 Å². The maximum Gasteiger partial charge on any atom is 0.0880 e. The Balaban J connectivity index is 3.24. The van der Waals surface area contributed by atoms with Gasteiger partial charge in [-0.05, 0) is 13.0 Å². The summed E-state index contributed by atoms with van der Waals surface area (Å²) < 4.78 is 0. The van der Waals surface area contributed by atoms with E-state index in [-0.39, 0.29) is 0 Å². The second-order valence-corrected chi connectivity index (χ2v) is 2.08. The molecule has 1 rings (SSSR count). The van der Waals surface area contributed by atoms with Crippen LogP contribution < -0.4 is 10.7 Å². The van der Waals surface area contributed by atoms with Crippen LogP contribution in [0.2, 0.25) is 0 Å². The number of hydrogen-bond acceptors (Lipinski definition) is 2. The van der Waals surface area contributed by atoms with Crippen LogP contribution in [0.3, 0.4) is 0 Å². The van der Waals surface area contributed by atoms with E-state index in [9.17, 15) is 0 Å². The van der Waals surface area contributed by atoms with E-state index in [1.807, 2.05) is 25.2 Å². The molecule has 2 heteroatoms. The molecule has 0 aliphatic heterocycles. The molecule has 0 aliphatic rings. The van der Waals surface area contributed by atoms with E-state index < -0.39 is 0 Å². The Bertz CT molecular complexity index is 352. The Morgan fingerprint density at radius 3 is 2.73 bits per heavy atom. The van der Waals surface area contributed by atoms with E-state index in [1.54, 1.807) is 12.4 Å². The summed E-state index contributed by atoms with van der Waals surface area (Å²) in [6.45, 7) is 5.69. The lowest BCUT2D eigenvalue weighted by Gasteiger charge is -1.83. The van der Waals surface area contributed by atoms with Crippen molar-refractivity contribution in [2.45, 2.75) is 6.92 Å². The molecule has 1 aromatic heterocycles. The molecule has 0 saturated carbocycles. The Kier molecular flexibility index (Phi) is 2.55. The summed E-state index contributed by atoms with van der Waals surface area (Å²) in [5, 5.41) is 1.54. The molecule has 11 heavy (non-hydrogen) atoms. The SMILES string of the molecule is C=c1nccnc1=CC=CC. The van der Waals surface area contributed by atoms with Gasteiger partial charge in [0.2, 0.25) is 0 Å². The monoisotopic (exact) mass is 146 g/mol. The molecule has 1 aromatic rings. The fourth-order valence-corrected chi connectivity index (χ4v) is 0.704. The van der Waals surface area contributed by atoms with Crippen molar-refractivity contribution in [1.82, 2.24) is 9.97 Å². The molecule has 0 aromatic carbocycles. The van der Waals surface area contributed by atoms with Crippen LogP contribution in [0.15, 0.2) is 24.5 Å². The average Bonchev–Trinajstić information content (AvgIpc) is 2.03. The highest BCUT2D eigenvalue weighted by Crippen LogP contribution is 1.68. The average molecular weight is 146 g/mol. The van der Waals surface area contributed by atoms with Gasteiger partial charge in [0, 0.05) is 12.4 Å². The Morgan fingerprint density at radius 2 is 2.09 bits per heavy atom. The van der Waals surface area contributed by atoms with Crippen molar-refractivity contribution in [3.05, 3.63) is 35.2 Å². The van der Waals surface area contributed by atoms with Crippen LogP contribution in [0.4, 0.5) is 0 Å². The van der Waals surface area contributed by atoms with E-state index in [0.717, 1.165) is 5.35 Å². The largest absolute Gasteiger partial charge is 0.254 e. The zero-order valence-electron chi connectivity index (χ0n) is 6.49. The number of hydrogen-bond donors (Lipinski definition) is 0. The first-order valence-electron chi connectivity index (χ1n) is 3.43. The normalized spacial score (nSPS) is 12.6. The molecule has 0 amide bonds. The topological polar surface area (TPSA) is 25.8 Å². The van der Waals surface area contributed by atoms with E-state index in [4.69, 9.17) is 0 Å². The van der Waals surface area contributed by atoms with Gasteiger partial charge in [-0.2, -0.15) is 0 Å². The van der Waals surface area contributed by atoms with Gasteiger partial charge in [-0.25, -0.2) is 0 Å². The highest BCUT2D eigenvalue weighted by Gasteiger charge is 1.78. The molecule has 0 N–H and O–H groups in total. The minimum absolute atomic E-state index is 0.714. The van der Waals surface area contributed by atoms with Gasteiger partial charge in [-0.15, -0.1) is 0 Å². The summed E-state index contributed by atoms with van der Waals surface area (Å²) in [7, 11) is 0. The lowest BCUT2D eigenvalue weighted by Crippen LogP contribution is -2.28. The first-order chi connectivity index (χ1) is 5.34. The quantitative estimate of drug-likeness (QED) is 0.567. The Hall–Kier alpha value is -1.44. The number of aromatic nitrogens is 2. The van der Waals surface area contributed by atoms with E-state index >= 15 is 0 Å². The Morgan fingerprint density at radius 1 is 1.36 bits per heavy atom. The predicted molar refractivity (Wildman–Crippen MR) is 46.1 cm³/mol. The predicted octanol–water partition coefficient (Wildman–Crippen LogP) is 0.243. The number of allylic oxidation sites excluding steroid dienone is 2. The van der Waals surface area contributed by atoms with Crippen molar-refractivity contribution >= 4 is 12.7 Å². The zero-order chi connectivity index (χ0) is 8.10. The van der Waals surface area contributed by atoms with E-state index in [2.05, 4.69) is 16.5 Å². The van der Waals surface area contributed by atoms with Gasteiger partial charge in [0.1, 0.15) is 0 Å². The second-order valence-electron chi connectivity index (χ2n) is 2.08. The van der Waals surface area contributed by atoms with Crippen LogP contribution >= 0.6 is 0 Å². The molecular weight excluding hydrogens is 136 g/mol. The van der Waals surface area contributed by atoms with Gasteiger partial charge in [0.25, 0.3) is 0 Å². The summed E-state index contributed by atoms with van der Waals surface area (Å²) in [5.74, 6) is 0. The van der Waals surface area contributed by atoms with Crippen molar-refractivity contribution in [3.63, 3.8) is 0 Å². The third kappa shape index (κ3) is 2.00. The molecule has 0 aliphatic carbocycles. The fourth-order valence-electron chi connectivity index (χ4n) is 0.704. The molecule has 56 valence electrons. The second kappa shape index (κ2) is 3.66. The molecule has 0 fully saturated rings. The highest BCUT2D eigenvalue weighted by molar-refractivity contribution is 5.33. The molecule has 1 heterocycles. The summed E-state index contributed by atoms with van der Waals surface area (Å²) >= 11 is 0. The molecule has 0 spiro atoms. The van der Waals surface area contributed by atoms with Crippen molar-refractivity contribution in [1.29, 1.82) is 0 Å². The molecule has 0 bridgehead atoms. The maximum atomic E-state index is 4.08. The van der Waals surface area contributed by atoms with Crippen molar-refractivity contribution in [3.8, 4) is 0 Å². The smallest absolute Gasteiger partial charge is 0.0880 e. The van der Waals surface area contributed by atoms with Crippen LogP contribution in [0, 0.1) is 0 Å². The van der Waals surface area contributed by atoms with Gasteiger partial charge in [-0.1, -0.05) is 18.7 Å². The minimum Gasteiger partial charge on any atom is -0.254 e. The third-order valence-electron chi connectivity index (χ3n) is 1.25. The molecule has 2 nitrogen and oxygen atoms in total. The van der Waals surface area contributed by atoms with E-state index in [0.29, 0.717) is 5.35 Å². The van der Waals surface area contributed by atoms with Crippen molar-refractivity contribution < 1.29 is 0 Å². The van der Waals surface area contributed by atoms with Crippen LogP contribution in [0.1, 0.15) is 6.92 Å². The summed E-state index contributed by atoms with van der Waals surface area (Å²) in [6, 6.07) is 0. The number of rotatable bonds is 1. The van der Waals surface area contributed by atoms with Crippen LogP contribution in [-0.4, -0.2) is 9.97 Å². The van der Waals surface area contributed by atoms with Crippen molar-refractivity contribution in [2.24, 2.45) is 0 Å². The lowest BCUT2D eigenvalue weighted by atomic mass is 10.4. The molecule has 0 unspecified atom stereocenters. The molecule has 0 saturated heterocycles. The minimum atomic E-state index is 0.714. The third-order valence-corrected chi connectivity index (χ3v) is 1.25. The first-order valence-corrected chi connectivity index (χ1v) is 3.43. The summed E-state index contributed by atoms with van der Waals surface area (Å²) in [6.07, 6.45) is 9.03. The standard InChI is InChI=1S/C9H10N2/c1-3-4-5-9-8(2)10-6-7-11-9/h3-7H,2H2,1H3. The zero-order valence-corrected chi connectivity index (χ0v) is 6.49. The van der Waals surface area contributed by atoms with E-state index in [1.165, 1.54) is 0 Å². The van der Waals surface area contributed by atoms with Gasteiger partial charge in [-0.3, -0.25) is 9.97 Å². The van der Waals surface area contributed by atoms with Crippen LogP contribution in [0.5, 0.6) is 0 Å². The van der Waals surface area contributed by atoms with Crippen molar-refractivity contribution in [2.75, 3.05) is 0 Å². The fraction of sp³-hybridized carbons (Fsp3) is 0.111.